The van der Waals surface area contributed by atoms with Gasteiger partial charge in [-0.1, -0.05) is 57.2 Å². The highest BCUT2D eigenvalue weighted by Crippen LogP contribution is 2.33. The van der Waals surface area contributed by atoms with E-state index in [4.69, 9.17) is 10.5 Å². The van der Waals surface area contributed by atoms with E-state index in [9.17, 15) is 4.79 Å². The van der Waals surface area contributed by atoms with Crippen LogP contribution in [0.4, 0.5) is 0 Å². The average Bonchev–Trinajstić information content (AvgIpc) is 2.64. The summed E-state index contributed by atoms with van der Waals surface area (Å²) < 4.78 is 5.18. The Bertz CT molecular complexity index is 580. The summed E-state index contributed by atoms with van der Waals surface area (Å²) in [6.45, 7) is 6.30. The molecule has 0 spiro atoms. The standard InChI is InChI=1S/C23H37NO2/c1-4-6-7-8-9-10-11-18-12-13-20-17-21(15-14-19(20)16-18)23(3,24)22(25)26-5-2/h12-13,16,21H,4-11,14-15,17,24H2,1-3H3/t21-,23+/m1/s1. The fourth-order valence-electron chi connectivity index (χ4n) is 4.04. The van der Waals surface area contributed by atoms with E-state index in [2.05, 4.69) is 25.1 Å². The largest absolute Gasteiger partial charge is 0.465 e. The Morgan fingerprint density at radius 2 is 1.88 bits per heavy atom. The smallest absolute Gasteiger partial charge is 0.326 e. The highest BCUT2D eigenvalue weighted by molar-refractivity contribution is 5.80. The minimum absolute atomic E-state index is 0.151. The first-order valence-corrected chi connectivity index (χ1v) is 10.6. The zero-order valence-electron chi connectivity index (χ0n) is 17.0. The summed E-state index contributed by atoms with van der Waals surface area (Å²) in [5, 5.41) is 0. The number of carbonyl (C=O) groups excluding carboxylic acids is 1. The third kappa shape index (κ3) is 5.57. The van der Waals surface area contributed by atoms with E-state index in [0.29, 0.717) is 6.61 Å². The van der Waals surface area contributed by atoms with Crippen LogP contribution in [0.15, 0.2) is 18.2 Å². The molecule has 0 bridgehead atoms. The predicted octanol–water partition coefficient (Wildman–Crippen LogP) is 4.98. The number of rotatable bonds is 10. The third-order valence-corrected chi connectivity index (χ3v) is 5.88. The van der Waals surface area contributed by atoms with Crippen molar-refractivity contribution in [1.29, 1.82) is 0 Å². The molecular formula is C23H37NO2. The average molecular weight is 360 g/mol. The van der Waals surface area contributed by atoms with Crippen molar-refractivity contribution in [2.45, 2.75) is 90.5 Å². The molecule has 1 aliphatic carbocycles. The molecule has 0 fully saturated rings. The lowest BCUT2D eigenvalue weighted by Crippen LogP contribution is -2.54. The maximum absolute atomic E-state index is 12.2. The Morgan fingerprint density at radius 1 is 1.15 bits per heavy atom. The van der Waals surface area contributed by atoms with Crippen molar-refractivity contribution in [2.75, 3.05) is 6.61 Å². The first-order valence-electron chi connectivity index (χ1n) is 10.6. The van der Waals surface area contributed by atoms with Crippen molar-refractivity contribution in [3.63, 3.8) is 0 Å². The van der Waals surface area contributed by atoms with Gasteiger partial charge in [0.15, 0.2) is 0 Å². The minimum Gasteiger partial charge on any atom is -0.465 e. The second-order valence-electron chi connectivity index (χ2n) is 8.06. The van der Waals surface area contributed by atoms with E-state index >= 15 is 0 Å². The topological polar surface area (TPSA) is 52.3 Å². The van der Waals surface area contributed by atoms with Crippen LogP contribution in [0.3, 0.4) is 0 Å². The molecular weight excluding hydrogens is 322 g/mol. The molecule has 3 heteroatoms. The van der Waals surface area contributed by atoms with Crippen molar-refractivity contribution in [3.8, 4) is 0 Å². The van der Waals surface area contributed by atoms with Gasteiger partial charge in [-0.15, -0.1) is 0 Å². The van der Waals surface area contributed by atoms with E-state index in [0.717, 1.165) is 19.3 Å². The SMILES string of the molecule is CCCCCCCCc1ccc2c(c1)CC[C@@H]([C@](C)(N)C(=O)OCC)C2. The van der Waals surface area contributed by atoms with Crippen LogP contribution in [-0.4, -0.2) is 18.1 Å². The van der Waals surface area contributed by atoms with E-state index in [1.165, 1.54) is 61.6 Å². The Balaban J connectivity index is 1.89. The van der Waals surface area contributed by atoms with Crippen LogP contribution >= 0.6 is 0 Å². The quantitative estimate of drug-likeness (QED) is 0.474. The predicted molar refractivity (Wildman–Crippen MR) is 108 cm³/mol. The van der Waals surface area contributed by atoms with Crippen molar-refractivity contribution in [3.05, 3.63) is 34.9 Å². The molecule has 0 heterocycles. The fourth-order valence-corrected chi connectivity index (χ4v) is 4.04. The molecule has 2 N–H and O–H groups in total. The molecule has 1 aromatic carbocycles. The molecule has 2 rings (SSSR count). The number of ether oxygens (including phenoxy) is 1. The number of esters is 1. The number of fused-ring (bicyclic) bond motifs is 1. The molecule has 0 unspecified atom stereocenters. The molecule has 0 saturated carbocycles. The van der Waals surface area contributed by atoms with Gasteiger partial charge in [0.2, 0.25) is 0 Å². The lowest BCUT2D eigenvalue weighted by Gasteiger charge is -2.35. The van der Waals surface area contributed by atoms with Crippen LogP contribution in [0.5, 0.6) is 0 Å². The number of benzene rings is 1. The fraction of sp³-hybridized carbons (Fsp3) is 0.696. The first-order chi connectivity index (χ1) is 12.5. The van der Waals surface area contributed by atoms with Crippen molar-refractivity contribution >= 4 is 5.97 Å². The molecule has 0 aromatic heterocycles. The Morgan fingerprint density at radius 3 is 2.62 bits per heavy atom. The van der Waals surface area contributed by atoms with Gasteiger partial charge in [-0.2, -0.15) is 0 Å². The van der Waals surface area contributed by atoms with Gasteiger partial charge in [-0.05, 0) is 68.6 Å². The van der Waals surface area contributed by atoms with Gasteiger partial charge in [0.25, 0.3) is 0 Å². The van der Waals surface area contributed by atoms with Gasteiger partial charge in [-0.3, -0.25) is 4.79 Å². The first kappa shape index (κ1) is 21.0. The summed E-state index contributed by atoms with van der Waals surface area (Å²) in [6.07, 6.45) is 12.1. The van der Waals surface area contributed by atoms with Crippen LogP contribution in [0, 0.1) is 5.92 Å². The van der Waals surface area contributed by atoms with Gasteiger partial charge < -0.3 is 10.5 Å². The zero-order valence-corrected chi connectivity index (χ0v) is 17.0. The maximum Gasteiger partial charge on any atom is 0.326 e. The minimum atomic E-state index is -0.898. The highest BCUT2D eigenvalue weighted by Gasteiger charge is 2.40. The summed E-state index contributed by atoms with van der Waals surface area (Å²) in [4.78, 5) is 12.2. The number of unbranched alkanes of at least 4 members (excludes halogenated alkanes) is 5. The van der Waals surface area contributed by atoms with Crippen LogP contribution in [0.25, 0.3) is 0 Å². The van der Waals surface area contributed by atoms with Gasteiger partial charge in [0, 0.05) is 0 Å². The zero-order chi connectivity index (χ0) is 19.0. The Labute approximate surface area is 159 Å². The number of carbonyl (C=O) groups is 1. The molecule has 2 atom stereocenters. The van der Waals surface area contributed by atoms with Crippen LogP contribution < -0.4 is 5.73 Å². The van der Waals surface area contributed by atoms with Crippen LogP contribution in [0.1, 0.15) is 82.4 Å². The summed E-state index contributed by atoms with van der Waals surface area (Å²) in [5.41, 5.74) is 9.71. The molecule has 0 saturated heterocycles. The third-order valence-electron chi connectivity index (χ3n) is 5.88. The molecule has 1 aliphatic rings. The number of hydrogen-bond donors (Lipinski definition) is 1. The Kier molecular flexibility index (Phi) is 8.15. The summed E-state index contributed by atoms with van der Waals surface area (Å²) in [5.74, 6) is -0.119. The Hall–Kier alpha value is -1.35. The van der Waals surface area contributed by atoms with E-state index in [1.54, 1.807) is 0 Å². The van der Waals surface area contributed by atoms with E-state index in [1.807, 2.05) is 13.8 Å². The maximum atomic E-state index is 12.2. The summed E-state index contributed by atoms with van der Waals surface area (Å²) in [7, 11) is 0. The molecule has 0 amide bonds. The molecule has 1 aromatic rings. The second-order valence-corrected chi connectivity index (χ2v) is 8.06. The van der Waals surface area contributed by atoms with Crippen molar-refractivity contribution in [2.24, 2.45) is 11.7 Å². The van der Waals surface area contributed by atoms with E-state index < -0.39 is 5.54 Å². The summed E-state index contributed by atoms with van der Waals surface area (Å²) >= 11 is 0. The molecule has 146 valence electrons. The lowest BCUT2D eigenvalue weighted by atomic mass is 9.73. The lowest BCUT2D eigenvalue weighted by molar-refractivity contribution is -0.151. The van der Waals surface area contributed by atoms with Gasteiger partial charge in [0.05, 0.1) is 6.61 Å². The monoisotopic (exact) mass is 359 g/mol. The van der Waals surface area contributed by atoms with Crippen LogP contribution in [0.2, 0.25) is 0 Å². The van der Waals surface area contributed by atoms with E-state index in [-0.39, 0.29) is 11.9 Å². The molecule has 26 heavy (non-hydrogen) atoms. The highest BCUT2D eigenvalue weighted by atomic mass is 16.5. The molecule has 0 radical (unpaired) electrons. The van der Waals surface area contributed by atoms with Gasteiger partial charge in [-0.25, -0.2) is 0 Å². The van der Waals surface area contributed by atoms with Crippen molar-refractivity contribution in [1.82, 2.24) is 0 Å². The number of aryl methyl sites for hydroxylation is 2. The molecule has 0 aliphatic heterocycles. The number of hydrogen-bond acceptors (Lipinski definition) is 3. The van der Waals surface area contributed by atoms with Crippen molar-refractivity contribution < 1.29 is 9.53 Å². The number of nitrogens with two attached hydrogens (primary N) is 1. The molecule has 3 nitrogen and oxygen atoms in total. The van der Waals surface area contributed by atoms with Gasteiger partial charge in [0.1, 0.15) is 5.54 Å². The second kappa shape index (κ2) is 10.1. The normalized spacial score (nSPS) is 18.8. The van der Waals surface area contributed by atoms with Crippen LogP contribution in [-0.2, 0) is 28.8 Å². The summed E-state index contributed by atoms with van der Waals surface area (Å²) in [6, 6.07) is 6.91. The van der Waals surface area contributed by atoms with Gasteiger partial charge >= 0.3 is 5.97 Å².